The van der Waals surface area contributed by atoms with Crippen molar-refractivity contribution in [2.24, 2.45) is 0 Å². The Morgan fingerprint density at radius 1 is 0.412 bits per heavy atom. The van der Waals surface area contributed by atoms with Crippen LogP contribution < -0.4 is 339 Å². The molecule has 0 aromatic heterocycles. The molecule has 144 valence electrons. The van der Waals surface area contributed by atoms with Gasteiger partial charge in [-0.05, 0) is 5.39 Å². The summed E-state index contributed by atoms with van der Waals surface area (Å²) < 4.78 is 0. The Hall–Kier alpha value is 5.34. The van der Waals surface area contributed by atoms with Crippen LogP contribution in [-0.4, -0.2) is 35.8 Å². The molecule has 0 amide bonds. The minimum Gasteiger partial charge on any atom is -0.545 e. The molecule has 2 aromatic carbocycles. The van der Waals surface area contributed by atoms with Gasteiger partial charge in [0, 0.05) is 38.8 Å². The normalized spacial score (nSPS) is 8.59. The number of hydrogen-bond donors (Lipinski definition) is 0. The van der Waals surface area contributed by atoms with Crippen molar-refractivity contribution in [2.75, 3.05) is 0 Å². The Morgan fingerprint density at radius 3 is 1.03 bits per heavy atom. The maximum atomic E-state index is 11.5. The van der Waals surface area contributed by atoms with Crippen molar-refractivity contribution < 1.29 is 368 Å². The zero-order valence-corrected chi connectivity index (χ0v) is 37.8. The van der Waals surface area contributed by atoms with E-state index in [-0.39, 0.29) is 308 Å². The number of hydrogen-bond acceptors (Lipinski definition) is 12. The summed E-state index contributed by atoms with van der Waals surface area (Å²) in [6, 6.07) is 0.988. The summed E-state index contributed by atoms with van der Waals surface area (Å²) in [5, 5.41) is 65.9. The van der Waals surface area contributed by atoms with E-state index in [1.165, 1.54) is 0 Å². The Balaban J connectivity index is -0.000000467. The van der Waals surface area contributed by atoms with E-state index in [2.05, 4.69) is 0 Å². The van der Waals surface area contributed by atoms with Crippen LogP contribution in [0.15, 0.2) is 12.1 Å². The SMILES string of the molecule is O=C([O-])c1ccc2c(C(=O)[O-])c(C(=O)[O-])c(C(=O)[O-])c(C(=O)[O-])c2c1C(=O)[O-].[K+].[K+].[K+].[K+].[K+].[K+]. The van der Waals surface area contributed by atoms with E-state index in [4.69, 9.17) is 0 Å². The molecule has 0 bridgehead atoms. The van der Waals surface area contributed by atoms with Gasteiger partial charge >= 0.3 is 308 Å². The van der Waals surface area contributed by atoms with Gasteiger partial charge in [-0.1, -0.05) is 12.1 Å². The van der Waals surface area contributed by atoms with Crippen molar-refractivity contribution >= 4 is 46.6 Å². The second-order valence-corrected chi connectivity index (χ2v) is 5.14. The molecular weight excluding hydrogens is 619 g/mol. The standard InChI is InChI=1S/C16H8O12.6K/c17-11(18)4-2-1-3-5(7(4)13(21)22)8(14(23)24)10(16(27)28)9(15(25)26)6(3)12(19)20;;;;;;/h1-2H,(H,17,18)(H,19,20)(H,21,22)(H,23,24)(H,25,26)(H,27,28);;;;;;/q;6*+1/p-6. The van der Waals surface area contributed by atoms with Crippen molar-refractivity contribution in [1.29, 1.82) is 0 Å². The molecule has 0 heterocycles. The average molecular weight is 621 g/mol. The molecule has 0 radical (unpaired) electrons. The molecule has 0 saturated carbocycles. The van der Waals surface area contributed by atoms with Crippen LogP contribution in [0.1, 0.15) is 62.1 Å². The van der Waals surface area contributed by atoms with Gasteiger partial charge in [0.1, 0.15) is 0 Å². The van der Waals surface area contributed by atoms with Gasteiger partial charge in [0.15, 0.2) is 0 Å². The number of carbonyl (C=O) groups is 6. The molecule has 0 saturated heterocycles. The first-order valence-electron chi connectivity index (χ1n) is 6.86. The molecule has 0 unspecified atom stereocenters. The van der Waals surface area contributed by atoms with Crippen molar-refractivity contribution in [1.82, 2.24) is 0 Å². The predicted octanol–water partition coefficient (Wildman–Crippen LogP) is -25.0. The van der Waals surface area contributed by atoms with Gasteiger partial charge in [0.05, 0.1) is 35.8 Å². The third-order valence-corrected chi connectivity index (χ3v) is 3.72. The molecular formula is C16H2K6O12. The van der Waals surface area contributed by atoms with E-state index in [0.29, 0.717) is 12.1 Å². The van der Waals surface area contributed by atoms with E-state index < -0.39 is 80.0 Å². The molecule has 0 spiro atoms. The maximum absolute atomic E-state index is 11.5. The third-order valence-electron chi connectivity index (χ3n) is 3.72. The maximum Gasteiger partial charge on any atom is 1.00 e. The Morgan fingerprint density at radius 2 is 0.735 bits per heavy atom. The number of rotatable bonds is 6. The summed E-state index contributed by atoms with van der Waals surface area (Å²) in [7, 11) is 0. The monoisotopic (exact) mass is 620 g/mol. The van der Waals surface area contributed by atoms with E-state index in [1.54, 1.807) is 0 Å². The molecule has 2 rings (SSSR count). The Kier molecular flexibility index (Phi) is 31.7. The third kappa shape index (κ3) is 11.2. The zero-order chi connectivity index (χ0) is 21.5. The number of carboxylic acids is 6. The summed E-state index contributed by atoms with van der Waals surface area (Å²) in [6.07, 6.45) is 0. The second kappa shape index (κ2) is 22.0. The van der Waals surface area contributed by atoms with Gasteiger partial charge in [-0.15, -0.1) is 0 Å². The fourth-order valence-corrected chi connectivity index (χ4v) is 2.79. The van der Waals surface area contributed by atoms with Crippen LogP contribution in [-0.2, 0) is 0 Å². The fourth-order valence-electron chi connectivity index (χ4n) is 2.79. The summed E-state index contributed by atoms with van der Waals surface area (Å²) in [6.45, 7) is 0. The van der Waals surface area contributed by atoms with Gasteiger partial charge in [-0.2, -0.15) is 0 Å². The minimum absolute atomic E-state index is 0. The molecule has 0 aliphatic carbocycles. The fraction of sp³-hybridized carbons (Fsp3) is 0. The average Bonchev–Trinajstić information content (AvgIpc) is 2.56. The number of carboxylic acid groups (broad SMARTS) is 6. The molecule has 0 N–H and O–H groups in total. The smallest absolute Gasteiger partial charge is 0.545 e. The summed E-state index contributed by atoms with van der Waals surface area (Å²) in [5.41, 5.74) is -9.34. The number of benzene rings is 2. The largest absolute Gasteiger partial charge is 1.00 e. The van der Waals surface area contributed by atoms with Crippen LogP contribution in [0.2, 0.25) is 0 Å². The van der Waals surface area contributed by atoms with Crippen LogP contribution in [0.5, 0.6) is 0 Å². The van der Waals surface area contributed by atoms with Gasteiger partial charge in [0.2, 0.25) is 0 Å². The quantitative estimate of drug-likeness (QED) is 0.273. The minimum atomic E-state index is -2.55. The zero-order valence-electron chi connectivity index (χ0n) is 19.1. The molecule has 0 fully saturated rings. The van der Waals surface area contributed by atoms with Crippen molar-refractivity contribution in [2.45, 2.75) is 0 Å². The number of aromatic carboxylic acids is 6. The molecule has 12 nitrogen and oxygen atoms in total. The van der Waals surface area contributed by atoms with Gasteiger partial charge in [-0.3, -0.25) is 0 Å². The van der Waals surface area contributed by atoms with Crippen LogP contribution in [0.3, 0.4) is 0 Å². The van der Waals surface area contributed by atoms with E-state index in [0.717, 1.165) is 0 Å². The first-order chi connectivity index (χ1) is 12.9. The van der Waals surface area contributed by atoms with E-state index in [9.17, 15) is 59.4 Å². The van der Waals surface area contributed by atoms with Gasteiger partial charge < -0.3 is 59.4 Å². The van der Waals surface area contributed by atoms with Crippen molar-refractivity contribution in [3.05, 3.63) is 45.5 Å². The molecule has 0 aliphatic rings. The second-order valence-electron chi connectivity index (χ2n) is 5.14. The molecule has 0 atom stereocenters. The topological polar surface area (TPSA) is 241 Å². The first kappa shape index (κ1) is 49.0. The number of carbonyl (C=O) groups excluding carboxylic acids is 6. The van der Waals surface area contributed by atoms with E-state index >= 15 is 0 Å². The molecule has 18 heteroatoms. The molecule has 34 heavy (non-hydrogen) atoms. The Bertz CT molecular complexity index is 1140. The van der Waals surface area contributed by atoms with Crippen molar-refractivity contribution in [3.8, 4) is 0 Å². The van der Waals surface area contributed by atoms with Crippen LogP contribution >= 0.6 is 0 Å². The number of fused-ring (bicyclic) bond motifs is 1. The predicted molar refractivity (Wildman–Crippen MR) is 69.9 cm³/mol. The Labute approximate surface area is 446 Å². The van der Waals surface area contributed by atoms with Crippen LogP contribution in [0, 0.1) is 0 Å². The van der Waals surface area contributed by atoms with Crippen LogP contribution in [0.4, 0.5) is 0 Å². The van der Waals surface area contributed by atoms with Gasteiger partial charge in [0.25, 0.3) is 0 Å². The molecule has 0 aliphatic heterocycles. The van der Waals surface area contributed by atoms with Crippen LogP contribution in [0.25, 0.3) is 10.8 Å². The van der Waals surface area contributed by atoms with E-state index in [1.807, 2.05) is 0 Å². The van der Waals surface area contributed by atoms with Gasteiger partial charge in [-0.25, -0.2) is 0 Å². The summed E-state index contributed by atoms with van der Waals surface area (Å²) in [5.74, 6) is -14.4. The van der Waals surface area contributed by atoms with Crippen molar-refractivity contribution in [3.63, 3.8) is 0 Å². The summed E-state index contributed by atoms with van der Waals surface area (Å²) in [4.78, 5) is 68.2. The first-order valence-corrected chi connectivity index (χ1v) is 6.86. The summed E-state index contributed by atoms with van der Waals surface area (Å²) >= 11 is 0. The molecule has 2 aromatic rings.